The standard InChI is InChI=1S/C31H32N4O4S/c36-27-19-28(22-6-2-1-3-7-22)39-29-18-24(9-10-25(27)29)38-17-5-12-34-13-15-35(16-14-34)31(37)26-21-40-30(33-26)23-8-4-11-32-20-23/h1-4,6-11,18-20,26,30,33H,5,12-17,21H2. The molecule has 0 spiro atoms. The van der Waals surface area contributed by atoms with Crippen LogP contribution in [0.4, 0.5) is 0 Å². The average Bonchev–Trinajstić information content (AvgIpc) is 3.51. The van der Waals surface area contributed by atoms with Crippen LogP contribution in [-0.2, 0) is 4.79 Å². The molecule has 40 heavy (non-hydrogen) atoms. The summed E-state index contributed by atoms with van der Waals surface area (Å²) in [4.78, 5) is 34.2. The Morgan fingerprint density at radius 3 is 2.70 bits per heavy atom. The van der Waals surface area contributed by atoms with E-state index in [0.29, 0.717) is 29.1 Å². The van der Waals surface area contributed by atoms with Gasteiger partial charge in [-0.15, -0.1) is 11.8 Å². The first-order chi connectivity index (χ1) is 19.6. The Morgan fingerprint density at radius 2 is 1.90 bits per heavy atom. The normalized spacial score (nSPS) is 19.6. The number of aromatic nitrogens is 1. The molecule has 2 aromatic carbocycles. The molecule has 1 N–H and O–H groups in total. The molecule has 0 bridgehead atoms. The molecule has 9 heteroatoms. The molecule has 4 heterocycles. The maximum Gasteiger partial charge on any atom is 0.240 e. The second-order valence-corrected chi connectivity index (χ2v) is 11.2. The van der Waals surface area contributed by atoms with Gasteiger partial charge in [-0.3, -0.25) is 24.8 Å². The lowest BCUT2D eigenvalue weighted by Crippen LogP contribution is -2.53. The lowest BCUT2D eigenvalue weighted by molar-refractivity contribution is -0.134. The van der Waals surface area contributed by atoms with Crippen molar-refractivity contribution in [3.05, 3.63) is 94.9 Å². The fourth-order valence-electron chi connectivity index (χ4n) is 5.20. The first-order valence-electron chi connectivity index (χ1n) is 13.7. The number of ether oxygens (including phenoxy) is 1. The highest BCUT2D eigenvalue weighted by Gasteiger charge is 2.34. The molecular weight excluding hydrogens is 524 g/mol. The Kier molecular flexibility index (Phi) is 8.13. The average molecular weight is 557 g/mol. The van der Waals surface area contributed by atoms with Crippen LogP contribution in [0.15, 0.2) is 88.3 Å². The number of nitrogens with zero attached hydrogens (tertiary/aromatic N) is 3. The quantitative estimate of drug-likeness (QED) is 0.324. The third-order valence-corrected chi connectivity index (χ3v) is 8.67. The summed E-state index contributed by atoms with van der Waals surface area (Å²) in [6.45, 7) is 4.68. The van der Waals surface area contributed by atoms with Crippen molar-refractivity contribution in [1.29, 1.82) is 0 Å². The minimum atomic E-state index is -0.148. The first-order valence-corrected chi connectivity index (χ1v) is 14.7. The van der Waals surface area contributed by atoms with Crippen LogP contribution >= 0.6 is 11.8 Å². The summed E-state index contributed by atoms with van der Waals surface area (Å²) in [5.74, 6) is 2.20. The maximum absolute atomic E-state index is 13.1. The van der Waals surface area contributed by atoms with Crippen LogP contribution in [0.25, 0.3) is 22.3 Å². The number of fused-ring (bicyclic) bond motifs is 1. The molecule has 4 aromatic rings. The molecule has 0 aliphatic carbocycles. The van der Waals surface area contributed by atoms with Crippen LogP contribution in [0.1, 0.15) is 17.4 Å². The molecule has 6 rings (SSSR count). The molecule has 2 atom stereocenters. The van der Waals surface area contributed by atoms with Crippen molar-refractivity contribution in [2.24, 2.45) is 0 Å². The van der Waals surface area contributed by atoms with Crippen molar-refractivity contribution in [1.82, 2.24) is 20.1 Å². The fourth-order valence-corrected chi connectivity index (χ4v) is 6.41. The van der Waals surface area contributed by atoms with Crippen molar-refractivity contribution in [3.8, 4) is 17.1 Å². The molecule has 206 valence electrons. The number of piperazine rings is 1. The predicted molar refractivity (Wildman–Crippen MR) is 157 cm³/mol. The number of rotatable bonds is 8. The molecule has 2 aromatic heterocycles. The van der Waals surface area contributed by atoms with Crippen molar-refractivity contribution >= 4 is 28.6 Å². The number of hydrogen-bond donors (Lipinski definition) is 1. The zero-order valence-corrected chi connectivity index (χ0v) is 23.0. The highest BCUT2D eigenvalue weighted by Crippen LogP contribution is 2.33. The van der Waals surface area contributed by atoms with Crippen LogP contribution in [-0.4, -0.2) is 71.8 Å². The Labute approximate surface area is 237 Å². The molecule has 2 fully saturated rings. The number of nitrogens with one attached hydrogen (secondary N) is 1. The topological polar surface area (TPSA) is 87.9 Å². The van der Waals surface area contributed by atoms with E-state index in [4.69, 9.17) is 9.15 Å². The van der Waals surface area contributed by atoms with Gasteiger partial charge in [0.25, 0.3) is 0 Å². The Hall–Kier alpha value is -3.66. The van der Waals surface area contributed by atoms with Crippen LogP contribution in [0.5, 0.6) is 5.75 Å². The number of benzene rings is 2. The molecule has 1 amide bonds. The van der Waals surface area contributed by atoms with E-state index in [1.807, 2.05) is 59.6 Å². The third kappa shape index (κ3) is 6.06. The minimum absolute atomic E-state index is 0.0694. The van der Waals surface area contributed by atoms with Gasteiger partial charge >= 0.3 is 0 Å². The molecule has 2 saturated heterocycles. The van der Waals surface area contributed by atoms with E-state index in [1.165, 1.54) is 6.07 Å². The van der Waals surface area contributed by atoms with E-state index < -0.39 is 0 Å². The number of amides is 1. The van der Waals surface area contributed by atoms with Crippen molar-refractivity contribution < 1.29 is 13.9 Å². The SMILES string of the molecule is O=C(C1CSC(c2cccnc2)N1)N1CCN(CCCOc2ccc3c(=O)cc(-c4ccccc4)oc3c2)CC1. The summed E-state index contributed by atoms with van der Waals surface area (Å²) in [6.07, 6.45) is 4.50. The second kappa shape index (κ2) is 12.2. The summed E-state index contributed by atoms with van der Waals surface area (Å²) < 4.78 is 12.0. The molecule has 2 aliphatic heterocycles. The van der Waals surface area contributed by atoms with Gasteiger partial charge < -0.3 is 14.1 Å². The largest absolute Gasteiger partial charge is 0.493 e. The monoisotopic (exact) mass is 556 g/mol. The number of carbonyl (C=O) groups is 1. The van der Waals surface area contributed by atoms with E-state index in [9.17, 15) is 9.59 Å². The van der Waals surface area contributed by atoms with Gasteiger partial charge in [0.1, 0.15) is 17.1 Å². The van der Waals surface area contributed by atoms with Crippen molar-refractivity contribution in [2.45, 2.75) is 17.8 Å². The highest BCUT2D eigenvalue weighted by molar-refractivity contribution is 7.99. The van der Waals surface area contributed by atoms with E-state index in [2.05, 4.69) is 15.2 Å². The van der Waals surface area contributed by atoms with Gasteiger partial charge in [-0.25, -0.2) is 0 Å². The van der Waals surface area contributed by atoms with Crippen LogP contribution in [0, 0.1) is 0 Å². The summed E-state index contributed by atoms with van der Waals surface area (Å²) in [5, 5.41) is 4.14. The number of pyridine rings is 1. The lowest BCUT2D eigenvalue weighted by atomic mass is 10.1. The van der Waals surface area contributed by atoms with E-state index in [1.54, 1.807) is 30.1 Å². The second-order valence-electron chi connectivity index (χ2n) is 10.1. The predicted octanol–water partition coefficient (Wildman–Crippen LogP) is 4.17. The summed E-state index contributed by atoms with van der Waals surface area (Å²) >= 11 is 1.76. The van der Waals surface area contributed by atoms with Gasteiger partial charge in [-0.05, 0) is 30.2 Å². The summed E-state index contributed by atoms with van der Waals surface area (Å²) in [6, 6.07) is 20.4. The zero-order chi connectivity index (χ0) is 27.3. The molecule has 2 aliphatic rings. The molecule has 0 radical (unpaired) electrons. The van der Waals surface area contributed by atoms with Gasteiger partial charge in [0.05, 0.1) is 23.4 Å². The van der Waals surface area contributed by atoms with Gasteiger partial charge in [-0.1, -0.05) is 36.4 Å². The van der Waals surface area contributed by atoms with Crippen LogP contribution in [0.3, 0.4) is 0 Å². The van der Waals surface area contributed by atoms with Crippen molar-refractivity contribution in [2.75, 3.05) is 45.1 Å². The van der Waals surface area contributed by atoms with E-state index in [0.717, 1.165) is 56.0 Å². The number of carbonyl (C=O) groups excluding carboxylic acids is 1. The van der Waals surface area contributed by atoms with Gasteiger partial charge in [0, 0.05) is 68.6 Å². The number of hydrogen-bond acceptors (Lipinski definition) is 8. The number of thioether (sulfide) groups is 1. The van der Waals surface area contributed by atoms with E-state index >= 15 is 0 Å². The minimum Gasteiger partial charge on any atom is -0.493 e. The fraction of sp³-hybridized carbons (Fsp3) is 0.323. The van der Waals surface area contributed by atoms with Gasteiger partial charge in [0.2, 0.25) is 5.91 Å². The molecule has 2 unspecified atom stereocenters. The van der Waals surface area contributed by atoms with Gasteiger partial charge in [0.15, 0.2) is 5.43 Å². The Bertz CT molecular complexity index is 1510. The molecule has 8 nitrogen and oxygen atoms in total. The molecule has 0 saturated carbocycles. The Morgan fingerprint density at radius 1 is 1.05 bits per heavy atom. The Balaban J connectivity index is 0.955. The van der Waals surface area contributed by atoms with Crippen molar-refractivity contribution in [3.63, 3.8) is 0 Å². The smallest absolute Gasteiger partial charge is 0.240 e. The van der Waals surface area contributed by atoms with E-state index in [-0.39, 0.29) is 22.8 Å². The first kappa shape index (κ1) is 26.6. The maximum atomic E-state index is 13.1. The van der Waals surface area contributed by atoms with Crippen LogP contribution in [0.2, 0.25) is 0 Å². The van der Waals surface area contributed by atoms with Gasteiger partial charge in [-0.2, -0.15) is 0 Å². The summed E-state index contributed by atoms with van der Waals surface area (Å²) in [7, 11) is 0. The third-order valence-electron chi connectivity index (χ3n) is 7.40. The highest BCUT2D eigenvalue weighted by atomic mass is 32.2. The lowest BCUT2D eigenvalue weighted by Gasteiger charge is -2.36. The molecular formula is C31H32N4O4S. The van der Waals surface area contributed by atoms with Crippen LogP contribution < -0.4 is 15.5 Å². The summed E-state index contributed by atoms with van der Waals surface area (Å²) in [5.41, 5.74) is 2.42. The zero-order valence-electron chi connectivity index (χ0n) is 22.2.